The van der Waals surface area contributed by atoms with Gasteiger partial charge in [0.2, 0.25) is 0 Å². The quantitative estimate of drug-likeness (QED) is 0.708. The molecule has 0 aromatic carbocycles. The summed E-state index contributed by atoms with van der Waals surface area (Å²) in [5, 5.41) is 0.941. The molecule has 1 aromatic heterocycles. The lowest BCUT2D eigenvalue weighted by atomic mass is 9.77. The number of aromatic nitrogens is 1. The van der Waals surface area contributed by atoms with Crippen LogP contribution in [0.3, 0.4) is 0 Å². The number of rotatable bonds is 6. The van der Waals surface area contributed by atoms with Gasteiger partial charge in [-0.3, -0.25) is 0 Å². The van der Waals surface area contributed by atoms with Crippen molar-refractivity contribution in [1.29, 1.82) is 0 Å². The monoisotopic (exact) mass is 379 g/mol. The van der Waals surface area contributed by atoms with E-state index in [2.05, 4.69) is 28.9 Å². The van der Waals surface area contributed by atoms with E-state index in [9.17, 15) is 4.79 Å². The predicted octanol–water partition coefficient (Wildman–Crippen LogP) is 2.50. The van der Waals surface area contributed by atoms with Crippen molar-refractivity contribution < 1.29 is 14.3 Å². The Labute approximate surface area is 159 Å². The van der Waals surface area contributed by atoms with Gasteiger partial charge >= 0.3 is 5.97 Å². The summed E-state index contributed by atoms with van der Waals surface area (Å²) in [5.74, 6) is 1.84. The Hall–Kier alpha value is -1.18. The largest absolute Gasteiger partial charge is 0.465 e. The van der Waals surface area contributed by atoms with E-state index in [-0.39, 0.29) is 5.97 Å². The summed E-state index contributed by atoms with van der Waals surface area (Å²) in [7, 11) is 5.76. The number of hydrogen-bond acceptors (Lipinski definition) is 7. The van der Waals surface area contributed by atoms with Gasteiger partial charge in [-0.2, -0.15) is 0 Å². The summed E-state index contributed by atoms with van der Waals surface area (Å²) in [6, 6.07) is 0.497. The molecule has 0 amide bonds. The Balaban J connectivity index is 1.42. The number of hydrogen-bond donors (Lipinski definition) is 0. The van der Waals surface area contributed by atoms with E-state index in [4.69, 9.17) is 9.47 Å². The number of esters is 1. The molecule has 3 fully saturated rings. The molecule has 0 unspecified atom stereocenters. The highest BCUT2D eigenvalue weighted by molar-refractivity contribution is 7.17. The van der Waals surface area contributed by atoms with Crippen molar-refractivity contribution in [3.8, 4) is 0 Å². The van der Waals surface area contributed by atoms with Gasteiger partial charge in [0.1, 0.15) is 4.88 Å². The van der Waals surface area contributed by atoms with Crippen molar-refractivity contribution in [3.05, 3.63) is 11.1 Å². The molecule has 6 nitrogen and oxygen atoms in total. The Kier molecular flexibility index (Phi) is 5.21. The summed E-state index contributed by atoms with van der Waals surface area (Å²) in [6.45, 7) is 2.98. The van der Waals surface area contributed by atoms with Crippen molar-refractivity contribution in [3.63, 3.8) is 0 Å². The first-order valence-electron chi connectivity index (χ1n) is 9.62. The van der Waals surface area contributed by atoms with Crippen LogP contribution in [0.2, 0.25) is 0 Å². The van der Waals surface area contributed by atoms with Gasteiger partial charge in [-0.15, -0.1) is 0 Å². The molecule has 0 spiro atoms. The van der Waals surface area contributed by atoms with E-state index in [1.54, 1.807) is 6.20 Å². The lowest BCUT2D eigenvalue weighted by Gasteiger charge is -2.41. The van der Waals surface area contributed by atoms with E-state index < -0.39 is 0 Å². The molecule has 144 valence electrons. The van der Waals surface area contributed by atoms with Gasteiger partial charge in [0, 0.05) is 25.7 Å². The summed E-state index contributed by atoms with van der Waals surface area (Å²) < 4.78 is 11.1. The van der Waals surface area contributed by atoms with Gasteiger partial charge in [-0.05, 0) is 57.5 Å². The average molecular weight is 380 g/mol. The van der Waals surface area contributed by atoms with Gasteiger partial charge in [0.25, 0.3) is 0 Å². The Bertz CT molecular complexity index is 646. The van der Waals surface area contributed by atoms with Crippen molar-refractivity contribution in [1.82, 2.24) is 9.88 Å². The van der Waals surface area contributed by atoms with Crippen molar-refractivity contribution in [2.24, 2.45) is 17.8 Å². The number of carbonyl (C=O) groups is 1. The molecule has 1 saturated heterocycles. The first-order valence-corrected chi connectivity index (χ1v) is 10.4. The second-order valence-corrected chi connectivity index (χ2v) is 9.25. The molecule has 0 radical (unpaired) electrons. The Morgan fingerprint density at radius 2 is 2.04 bits per heavy atom. The third kappa shape index (κ3) is 3.75. The molecule has 0 bridgehead atoms. The molecule has 4 rings (SSSR count). The minimum absolute atomic E-state index is 0.299. The smallest absolute Gasteiger partial charge is 0.349 e. The summed E-state index contributed by atoms with van der Waals surface area (Å²) >= 11 is 1.44. The van der Waals surface area contributed by atoms with Crippen LogP contribution in [0.25, 0.3) is 0 Å². The zero-order valence-corrected chi connectivity index (χ0v) is 16.7. The van der Waals surface area contributed by atoms with Crippen molar-refractivity contribution in [2.45, 2.75) is 37.8 Å². The predicted molar refractivity (Wildman–Crippen MR) is 102 cm³/mol. The number of nitrogens with zero attached hydrogens (tertiary/aromatic N) is 3. The number of methoxy groups -OCH3 is 1. The van der Waals surface area contributed by atoms with Gasteiger partial charge in [-0.25, -0.2) is 9.78 Å². The van der Waals surface area contributed by atoms with Crippen LogP contribution in [0, 0.1) is 17.8 Å². The van der Waals surface area contributed by atoms with E-state index in [1.165, 1.54) is 37.7 Å². The van der Waals surface area contributed by atoms with Crippen LogP contribution in [0.4, 0.5) is 5.13 Å². The van der Waals surface area contributed by atoms with Gasteiger partial charge in [0.05, 0.1) is 19.4 Å². The number of thiazole rings is 1. The van der Waals surface area contributed by atoms with Crippen LogP contribution in [-0.4, -0.2) is 68.9 Å². The minimum atomic E-state index is -0.299. The third-order valence-corrected chi connectivity index (χ3v) is 7.18. The third-order valence-electron chi connectivity index (χ3n) is 6.14. The second kappa shape index (κ2) is 7.44. The molecule has 1 aromatic rings. The highest BCUT2D eigenvalue weighted by Gasteiger charge is 2.44. The fourth-order valence-electron chi connectivity index (χ4n) is 4.42. The standard InChI is InChI=1S/C19H29N3O3S/c1-21(2)15-6-13-9-22(19-20-8-17(26-19)18(23)24-3)10-14(13)7-16(15)25-11-12-4-5-12/h8,12-16H,4-7,9-11H2,1-3H3/t13-,14+,15-,16-/m1/s1. The minimum Gasteiger partial charge on any atom is -0.465 e. The molecular formula is C19H29N3O3S. The Morgan fingerprint density at radius 3 is 2.69 bits per heavy atom. The summed E-state index contributed by atoms with van der Waals surface area (Å²) in [5.41, 5.74) is 0. The van der Waals surface area contributed by atoms with Crippen LogP contribution in [-0.2, 0) is 9.47 Å². The molecule has 3 aliphatic rings. The number of fused-ring (bicyclic) bond motifs is 1. The zero-order valence-electron chi connectivity index (χ0n) is 15.9. The fourth-order valence-corrected chi connectivity index (χ4v) is 5.27. The number of carbonyl (C=O) groups excluding carboxylic acids is 1. The molecule has 2 saturated carbocycles. The molecule has 26 heavy (non-hydrogen) atoms. The molecule has 4 atom stereocenters. The van der Waals surface area contributed by atoms with Crippen LogP contribution in [0.15, 0.2) is 6.20 Å². The summed E-state index contributed by atoms with van der Waals surface area (Å²) in [6.07, 6.45) is 6.97. The van der Waals surface area contributed by atoms with E-state index in [1.807, 2.05) is 0 Å². The van der Waals surface area contributed by atoms with Gasteiger partial charge in [0.15, 0.2) is 5.13 Å². The van der Waals surface area contributed by atoms with Gasteiger partial charge < -0.3 is 19.3 Å². The number of ether oxygens (including phenoxy) is 2. The molecular weight excluding hydrogens is 350 g/mol. The highest BCUT2D eigenvalue weighted by Crippen LogP contribution is 2.42. The summed E-state index contributed by atoms with van der Waals surface area (Å²) in [4.78, 5) is 21.4. The van der Waals surface area contributed by atoms with E-state index >= 15 is 0 Å². The van der Waals surface area contributed by atoms with Crippen LogP contribution in [0.5, 0.6) is 0 Å². The Morgan fingerprint density at radius 1 is 1.31 bits per heavy atom. The fraction of sp³-hybridized carbons (Fsp3) is 0.789. The maximum atomic E-state index is 11.7. The van der Waals surface area contributed by atoms with Crippen molar-refractivity contribution >= 4 is 22.4 Å². The lowest BCUT2D eigenvalue weighted by molar-refractivity contribution is -0.0493. The zero-order chi connectivity index (χ0) is 18.3. The molecule has 0 N–H and O–H groups in total. The number of anilines is 1. The first-order chi connectivity index (χ1) is 12.5. The van der Waals surface area contributed by atoms with Crippen LogP contribution >= 0.6 is 11.3 Å². The second-order valence-electron chi connectivity index (χ2n) is 8.24. The molecule has 1 aliphatic heterocycles. The topological polar surface area (TPSA) is 54.9 Å². The normalized spacial score (nSPS) is 31.3. The molecule has 7 heteroatoms. The van der Waals surface area contributed by atoms with Crippen LogP contribution in [0.1, 0.15) is 35.4 Å². The molecule has 2 heterocycles. The first kappa shape index (κ1) is 18.2. The lowest BCUT2D eigenvalue weighted by Crippen LogP contribution is -2.48. The SMILES string of the molecule is COC(=O)c1cnc(N2C[C@H]3C[C@@H](N(C)C)[C@H](OCC4CC4)C[C@H]3C2)s1. The van der Waals surface area contributed by atoms with Crippen molar-refractivity contribution in [2.75, 3.05) is 45.8 Å². The highest BCUT2D eigenvalue weighted by atomic mass is 32.1. The van der Waals surface area contributed by atoms with Gasteiger partial charge in [-0.1, -0.05) is 11.3 Å². The van der Waals surface area contributed by atoms with Crippen LogP contribution < -0.4 is 4.90 Å². The molecule has 2 aliphatic carbocycles. The average Bonchev–Trinajstić information content (AvgIpc) is 3.17. The number of likely N-dealkylation sites (N-methyl/N-ethyl adjacent to an activating group) is 1. The van der Waals surface area contributed by atoms with E-state index in [0.29, 0.717) is 28.9 Å². The maximum Gasteiger partial charge on any atom is 0.349 e. The van der Waals surface area contributed by atoms with E-state index in [0.717, 1.165) is 37.2 Å². The maximum absolute atomic E-state index is 11.7.